The minimum Gasteiger partial charge on any atom is -0.395 e. The van der Waals surface area contributed by atoms with Gasteiger partial charge in [-0.25, -0.2) is 13.4 Å². The number of thiazole rings is 1. The van der Waals surface area contributed by atoms with Gasteiger partial charge in [-0.1, -0.05) is 60.1 Å². The van der Waals surface area contributed by atoms with Gasteiger partial charge in [0.05, 0.1) is 20.1 Å². The molecule has 0 saturated carbocycles. The van der Waals surface area contributed by atoms with Crippen molar-refractivity contribution in [2.45, 2.75) is 18.7 Å². The van der Waals surface area contributed by atoms with Crippen LogP contribution in [0.15, 0.2) is 52.5 Å². The zero-order chi connectivity index (χ0) is 21.9. The van der Waals surface area contributed by atoms with Crippen LogP contribution in [-0.4, -0.2) is 37.9 Å². The van der Waals surface area contributed by atoms with Crippen molar-refractivity contribution in [3.63, 3.8) is 0 Å². The first-order chi connectivity index (χ1) is 14.1. The Bertz CT molecular complexity index is 1190. The Morgan fingerprint density at radius 2 is 2.00 bits per heavy atom. The zero-order valence-corrected chi connectivity index (χ0v) is 18.9. The molecular weight excluding hydrogens is 446 g/mol. The average molecular weight is 466 g/mol. The molecule has 1 heterocycles. The lowest BCUT2D eigenvalue weighted by Gasteiger charge is -2.10. The van der Waals surface area contributed by atoms with Gasteiger partial charge in [0.15, 0.2) is 20.7 Å². The van der Waals surface area contributed by atoms with Crippen LogP contribution in [0, 0.1) is 5.92 Å². The van der Waals surface area contributed by atoms with Gasteiger partial charge in [-0.3, -0.25) is 10.1 Å². The molecular formula is C20H20ClN3O4S2. The highest BCUT2D eigenvalue weighted by Crippen LogP contribution is 2.26. The van der Waals surface area contributed by atoms with Gasteiger partial charge in [0.25, 0.3) is 5.91 Å². The van der Waals surface area contributed by atoms with Crippen molar-refractivity contribution < 1.29 is 18.0 Å². The molecule has 3 rings (SSSR count). The number of para-hydroxylation sites is 1. The van der Waals surface area contributed by atoms with Crippen LogP contribution in [0.2, 0.25) is 5.02 Å². The number of benzene rings is 2. The molecule has 0 radical (unpaired) electrons. The minimum atomic E-state index is -3.50. The molecule has 158 valence electrons. The van der Waals surface area contributed by atoms with Crippen LogP contribution in [0.4, 0.5) is 5.13 Å². The van der Waals surface area contributed by atoms with Gasteiger partial charge < -0.3 is 4.84 Å². The first-order valence-electron chi connectivity index (χ1n) is 9.02. The van der Waals surface area contributed by atoms with E-state index in [1.165, 1.54) is 29.5 Å². The van der Waals surface area contributed by atoms with E-state index in [0.717, 1.165) is 16.5 Å². The number of nitrogens with one attached hydrogen (secondary N) is 1. The third kappa shape index (κ3) is 5.35. The molecule has 0 aliphatic carbocycles. The quantitative estimate of drug-likeness (QED) is 0.412. The number of fused-ring (bicyclic) bond motifs is 1. The summed E-state index contributed by atoms with van der Waals surface area (Å²) >= 11 is 7.48. The number of nitrogens with zero attached hydrogens (tertiary/aromatic N) is 2. The molecule has 10 heteroatoms. The molecule has 0 unspecified atom stereocenters. The number of oxime groups is 1. The number of carbonyl (C=O) groups excluding carboxylic acids is 1. The van der Waals surface area contributed by atoms with E-state index in [1.807, 2.05) is 38.1 Å². The summed E-state index contributed by atoms with van der Waals surface area (Å²) < 4.78 is 24.6. The molecule has 0 bridgehead atoms. The fourth-order valence-electron chi connectivity index (χ4n) is 2.51. The Morgan fingerprint density at radius 3 is 2.63 bits per heavy atom. The number of hydrogen-bond acceptors (Lipinski definition) is 7. The predicted molar refractivity (Wildman–Crippen MR) is 120 cm³/mol. The highest BCUT2D eigenvalue weighted by atomic mass is 35.5. The molecule has 1 amide bonds. The van der Waals surface area contributed by atoms with Crippen LogP contribution in [0.25, 0.3) is 10.2 Å². The highest BCUT2D eigenvalue weighted by Gasteiger charge is 2.20. The topological polar surface area (TPSA) is 97.7 Å². The first kappa shape index (κ1) is 22.2. The number of rotatable bonds is 7. The first-order valence-corrected chi connectivity index (χ1v) is 12.1. The Morgan fingerprint density at radius 1 is 1.27 bits per heavy atom. The van der Waals surface area contributed by atoms with Crippen LogP contribution in [0.5, 0.6) is 0 Å². The van der Waals surface area contributed by atoms with Crippen LogP contribution in [-0.2, 0) is 19.5 Å². The molecule has 0 fully saturated rings. The lowest BCUT2D eigenvalue weighted by molar-refractivity contribution is -0.110. The Kier molecular flexibility index (Phi) is 6.74. The SMILES string of the molecule is CC(C)CON=C(C(=O)Nc1nc2ccccc2s1)c1ccc(S(C)(=O)=O)c(Cl)c1. The molecule has 7 nitrogen and oxygen atoms in total. The standard InChI is InChI=1S/C20H20ClN3O4S2/c1-12(2)11-28-24-18(13-8-9-17(14(21)10-13)30(3,26)27)19(25)23-20-22-15-6-4-5-7-16(15)29-20/h4-10,12H,11H2,1-3H3,(H,22,23,25). The summed E-state index contributed by atoms with van der Waals surface area (Å²) in [7, 11) is -3.50. The predicted octanol–water partition coefficient (Wildman–Crippen LogP) is 4.37. The van der Waals surface area contributed by atoms with Crippen molar-refractivity contribution >= 4 is 59.7 Å². The van der Waals surface area contributed by atoms with E-state index in [1.54, 1.807) is 0 Å². The van der Waals surface area contributed by atoms with E-state index < -0.39 is 15.7 Å². The maximum atomic E-state index is 12.9. The van der Waals surface area contributed by atoms with Gasteiger partial charge in [-0.2, -0.15) is 0 Å². The van der Waals surface area contributed by atoms with Gasteiger partial charge in [0.2, 0.25) is 0 Å². The Hall–Kier alpha value is -2.49. The third-order valence-electron chi connectivity index (χ3n) is 3.90. The van der Waals surface area contributed by atoms with E-state index in [9.17, 15) is 13.2 Å². The van der Waals surface area contributed by atoms with Crippen molar-refractivity contribution in [3.05, 3.63) is 53.1 Å². The highest BCUT2D eigenvalue weighted by molar-refractivity contribution is 7.90. The number of carbonyl (C=O) groups is 1. The molecule has 0 saturated heterocycles. The summed E-state index contributed by atoms with van der Waals surface area (Å²) in [4.78, 5) is 22.6. The van der Waals surface area contributed by atoms with E-state index in [0.29, 0.717) is 17.3 Å². The Labute approximate surface area is 183 Å². The monoisotopic (exact) mass is 465 g/mol. The van der Waals surface area contributed by atoms with Crippen LogP contribution < -0.4 is 5.32 Å². The van der Waals surface area contributed by atoms with Crippen molar-refractivity contribution in [2.24, 2.45) is 11.1 Å². The lowest BCUT2D eigenvalue weighted by atomic mass is 10.1. The molecule has 1 N–H and O–H groups in total. The van der Waals surface area contributed by atoms with Crippen LogP contribution in [0.1, 0.15) is 19.4 Å². The average Bonchev–Trinajstić information content (AvgIpc) is 3.06. The minimum absolute atomic E-state index is 0.000605. The maximum Gasteiger partial charge on any atom is 0.280 e. The summed E-state index contributed by atoms with van der Waals surface area (Å²) in [5, 5.41) is 7.13. The summed E-state index contributed by atoms with van der Waals surface area (Å²) in [6.07, 6.45) is 1.06. The molecule has 0 aliphatic rings. The normalized spacial score (nSPS) is 12.4. The number of sulfone groups is 1. The van der Waals surface area contributed by atoms with Gasteiger partial charge in [0.1, 0.15) is 6.61 Å². The van der Waals surface area contributed by atoms with Crippen molar-refractivity contribution in [2.75, 3.05) is 18.2 Å². The molecule has 0 spiro atoms. The number of anilines is 1. The molecule has 2 aromatic carbocycles. The van der Waals surface area contributed by atoms with E-state index in [-0.39, 0.29) is 21.5 Å². The fraction of sp³-hybridized carbons (Fsp3) is 0.250. The zero-order valence-electron chi connectivity index (χ0n) is 16.5. The summed E-state index contributed by atoms with van der Waals surface area (Å²) in [5.41, 5.74) is 1.07. The number of halogens is 1. The largest absolute Gasteiger partial charge is 0.395 e. The number of hydrogen-bond donors (Lipinski definition) is 1. The smallest absolute Gasteiger partial charge is 0.280 e. The van der Waals surface area contributed by atoms with Crippen LogP contribution in [0.3, 0.4) is 0 Å². The van der Waals surface area contributed by atoms with Crippen molar-refractivity contribution in [1.29, 1.82) is 0 Å². The maximum absolute atomic E-state index is 12.9. The van der Waals surface area contributed by atoms with Gasteiger partial charge >= 0.3 is 0 Å². The Balaban J connectivity index is 1.93. The fourth-order valence-corrected chi connectivity index (χ4v) is 4.70. The second-order valence-corrected chi connectivity index (χ2v) is 10.4. The van der Waals surface area contributed by atoms with Gasteiger partial charge in [-0.15, -0.1) is 0 Å². The summed E-state index contributed by atoms with van der Waals surface area (Å²) in [5.74, 6) is -0.334. The number of amides is 1. The molecule has 0 atom stereocenters. The number of aromatic nitrogens is 1. The second-order valence-electron chi connectivity index (χ2n) is 6.99. The molecule has 3 aromatic rings. The van der Waals surface area contributed by atoms with E-state index in [4.69, 9.17) is 16.4 Å². The molecule has 1 aromatic heterocycles. The summed E-state index contributed by atoms with van der Waals surface area (Å²) in [6, 6.07) is 11.7. The van der Waals surface area contributed by atoms with Gasteiger partial charge in [-0.05, 0) is 30.2 Å². The van der Waals surface area contributed by atoms with E-state index >= 15 is 0 Å². The summed E-state index contributed by atoms with van der Waals surface area (Å²) in [6.45, 7) is 4.22. The van der Waals surface area contributed by atoms with E-state index in [2.05, 4.69) is 15.5 Å². The second kappa shape index (κ2) is 9.11. The van der Waals surface area contributed by atoms with Crippen molar-refractivity contribution in [3.8, 4) is 0 Å². The molecule has 30 heavy (non-hydrogen) atoms. The van der Waals surface area contributed by atoms with Gasteiger partial charge in [0, 0.05) is 11.8 Å². The lowest BCUT2D eigenvalue weighted by Crippen LogP contribution is -2.24. The van der Waals surface area contributed by atoms with Crippen LogP contribution >= 0.6 is 22.9 Å². The molecule has 0 aliphatic heterocycles. The van der Waals surface area contributed by atoms with Crippen molar-refractivity contribution in [1.82, 2.24) is 4.98 Å². The third-order valence-corrected chi connectivity index (χ3v) is 6.43.